The number of anilines is 1. The lowest BCUT2D eigenvalue weighted by Gasteiger charge is -2.08. The maximum Gasteiger partial charge on any atom is 0.377 e. The highest BCUT2D eigenvalue weighted by atomic mass is 16.6. The molecule has 2 aromatic heterocycles. The van der Waals surface area contributed by atoms with Crippen LogP contribution in [-0.4, -0.2) is 33.4 Å². The van der Waals surface area contributed by atoms with E-state index < -0.39 is 18.5 Å². The van der Waals surface area contributed by atoms with E-state index >= 15 is 0 Å². The van der Waals surface area contributed by atoms with E-state index in [1.165, 1.54) is 6.07 Å². The Labute approximate surface area is 178 Å². The number of ether oxygens (including phenoxy) is 1. The van der Waals surface area contributed by atoms with E-state index in [-0.39, 0.29) is 5.76 Å². The average molecular weight is 416 g/mol. The molecule has 4 rings (SSSR count). The predicted octanol–water partition coefficient (Wildman–Crippen LogP) is 3.94. The molecule has 0 unspecified atom stereocenters. The number of nitrogens with one attached hydrogen (secondary N) is 1. The third-order valence-corrected chi connectivity index (χ3v) is 4.49. The van der Waals surface area contributed by atoms with E-state index in [1.807, 2.05) is 61.5 Å². The van der Waals surface area contributed by atoms with Gasteiger partial charge < -0.3 is 14.6 Å². The Morgan fingerprint density at radius 3 is 2.45 bits per heavy atom. The minimum Gasteiger partial charge on any atom is -0.450 e. The van der Waals surface area contributed by atoms with E-state index in [0.29, 0.717) is 17.2 Å². The smallest absolute Gasteiger partial charge is 0.377 e. The van der Waals surface area contributed by atoms with E-state index in [2.05, 4.69) is 15.6 Å². The predicted molar refractivity (Wildman–Crippen MR) is 114 cm³/mol. The number of para-hydroxylation sites is 1. The normalized spacial score (nSPS) is 10.6. The molecule has 2 heterocycles. The molecule has 0 spiro atoms. The summed E-state index contributed by atoms with van der Waals surface area (Å²) in [5.41, 5.74) is 4.09. The Morgan fingerprint density at radius 1 is 1.03 bits per heavy atom. The van der Waals surface area contributed by atoms with Crippen LogP contribution in [0.3, 0.4) is 0 Å². The quantitative estimate of drug-likeness (QED) is 0.478. The van der Waals surface area contributed by atoms with Gasteiger partial charge in [0.2, 0.25) is 5.76 Å². The van der Waals surface area contributed by atoms with Gasteiger partial charge in [-0.25, -0.2) is 9.48 Å². The number of rotatable bonds is 6. The van der Waals surface area contributed by atoms with Crippen molar-refractivity contribution in [2.75, 3.05) is 11.9 Å². The highest BCUT2D eigenvalue weighted by molar-refractivity contribution is 5.94. The van der Waals surface area contributed by atoms with Crippen LogP contribution in [0.25, 0.3) is 16.9 Å². The monoisotopic (exact) mass is 416 g/mol. The van der Waals surface area contributed by atoms with Gasteiger partial charge in [0, 0.05) is 17.7 Å². The molecule has 2 aromatic carbocycles. The third kappa shape index (κ3) is 4.69. The number of hydrogen-bond acceptors (Lipinski definition) is 6. The van der Waals surface area contributed by atoms with Crippen LogP contribution in [0.15, 0.2) is 71.3 Å². The van der Waals surface area contributed by atoms with Crippen molar-refractivity contribution in [3.05, 3.63) is 83.7 Å². The van der Waals surface area contributed by atoms with Crippen LogP contribution < -0.4 is 5.32 Å². The lowest BCUT2D eigenvalue weighted by Crippen LogP contribution is -2.22. The van der Waals surface area contributed by atoms with Gasteiger partial charge in [-0.3, -0.25) is 4.79 Å². The van der Waals surface area contributed by atoms with Gasteiger partial charge >= 0.3 is 5.97 Å². The summed E-state index contributed by atoms with van der Waals surface area (Å²) in [7, 11) is 0. The van der Waals surface area contributed by atoms with Gasteiger partial charge in [-0.2, -0.15) is 5.10 Å². The molecule has 156 valence electrons. The van der Waals surface area contributed by atoms with Crippen molar-refractivity contribution < 1.29 is 18.8 Å². The van der Waals surface area contributed by atoms with Crippen molar-refractivity contribution in [3.63, 3.8) is 0 Å². The van der Waals surface area contributed by atoms with Crippen LogP contribution in [0.2, 0.25) is 0 Å². The van der Waals surface area contributed by atoms with Crippen LogP contribution in [0.5, 0.6) is 0 Å². The van der Waals surface area contributed by atoms with Crippen molar-refractivity contribution in [2.45, 2.75) is 13.8 Å². The third-order valence-electron chi connectivity index (χ3n) is 4.49. The summed E-state index contributed by atoms with van der Waals surface area (Å²) in [5, 5.41) is 11.0. The molecule has 1 amide bonds. The molecule has 0 saturated heterocycles. The van der Waals surface area contributed by atoms with E-state index in [1.54, 1.807) is 17.7 Å². The topological polar surface area (TPSA) is 99.2 Å². The number of nitrogens with zero attached hydrogens (tertiary/aromatic N) is 3. The molecule has 0 saturated carbocycles. The van der Waals surface area contributed by atoms with Crippen molar-refractivity contribution in [1.29, 1.82) is 0 Å². The number of carbonyl (C=O) groups excluding carboxylic acids is 2. The number of aromatic nitrogens is 3. The molecule has 0 fully saturated rings. The zero-order valence-corrected chi connectivity index (χ0v) is 17.0. The Hall–Kier alpha value is -4.20. The Morgan fingerprint density at radius 2 is 1.77 bits per heavy atom. The Kier molecular flexibility index (Phi) is 5.61. The fourth-order valence-electron chi connectivity index (χ4n) is 2.94. The van der Waals surface area contributed by atoms with Gasteiger partial charge in [0.1, 0.15) is 5.82 Å². The summed E-state index contributed by atoms with van der Waals surface area (Å²) in [6, 6.07) is 20.6. The van der Waals surface area contributed by atoms with Gasteiger partial charge in [-0.05, 0) is 26.0 Å². The SMILES string of the molecule is Cc1ccc(-c2cc(NC(=O)COC(=O)c3cc(C)no3)n(-c3ccccc3)n2)cc1. The molecule has 31 heavy (non-hydrogen) atoms. The molecular formula is C23H20N4O4. The van der Waals surface area contributed by atoms with Crippen LogP contribution in [-0.2, 0) is 9.53 Å². The number of amides is 1. The first-order valence-corrected chi connectivity index (χ1v) is 9.62. The summed E-state index contributed by atoms with van der Waals surface area (Å²) in [6.45, 7) is 3.22. The molecule has 0 aliphatic heterocycles. The van der Waals surface area contributed by atoms with Gasteiger partial charge in [0.25, 0.3) is 5.91 Å². The first-order valence-electron chi connectivity index (χ1n) is 9.62. The van der Waals surface area contributed by atoms with E-state index in [9.17, 15) is 9.59 Å². The first kappa shape index (κ1) is 20.1. The van der Waals surface area contributed by atoms with Gasteiger partial charge in [-0.1, -0.05) is 53.2 Å². The Balaban J connectivity index is 1.54. The fraction of sp³-hybridized carbons (Fsp3) is 0.130. The molecule has 1 N–H and O–H groups in total. The number of hydrogen-bond donors (Lipinski definition) is 1. The zero-order valence-electron chi connectivity index (χ0n) is 17.0. The number of esters is 1. The van der Waals surface area contributed by atoms with E-state index in [4.69, 9.17) is 9.26 Å². The number of carbonyl (C=O) groups is 2. The summed E-state index contributed by atoms with van der Waals surface area (Å²) in [4.78, 5) is 24.4. The van der Waals surface area contributed by atoms with Crippen molar-refractivity contribution >= 4 is 17.7 Å². The first-order chi connectivity index (χ1) is 15.0. The minimum absolute atomic E-state index is 0.0544. The second-order valence-corrected chi connectivity index (χ2v) is 6.99. The molecule has 0 radical (unpaired) electrons. The highest BCUT2D eigenvalue weighted by Gasteiger charge is 2.17. The highest BCUT2D eigenvalue weighted by Crippen LogP contribution is 2.25. The summed E-state index contributed by atoms with van der Waals surface area (Å²) in [5.74, 6) is -0.857. The second kappa shape index (κ2) is 8.66. The van der Waals surface area contributed by atoms with Gasteiger partial charge in [0.05, 0.1) is 17.1 Å². The lowest BCUT2D eigenvalue weighted by molar-refractivity contribution is -0.119. The molecule has 0 bridgehead atoms. The van der Waals surface area contributed by atoms with Crippen molar-refractivity contribution in [1.82, 2.24) is 14.9 Å². The van der Waals surface area contributed by atoms with Gasteiger partial charge in [-0.15, -0.1) is 0 Å². The van der Waals surface area contributed by atoms with Crippen LogP contribution in [0.4, 0.5) is 5.82 Å². The van der Waals surface area contributed by atoms with Crippen LogP contribution in [0.1, 0.15) is 21.8 Å². The molecule has 8 nitrogen and oxygen atoms in total. The second-order valence-electron chi connectivity index (χ2n) is 6.99. The lowest BCUT2D eigenvalue weighted by atomic mass is 10.1. The number of benzene rings is 2. The molecule has 4 aromatic rings. The molecular weight excluding hydrogens is 396 g/mol. The minimum atomic E-state index is -0.757. The molecule has 0 aliphatic carbocycles. The van der Waals surface area contributed by atoms with Crippen molar-refractivity contribution in [3.8, 4) is 16.9 Å². The maximum absolute atomic E-state index is 12.5. The molecule has 0 aliphatic rings. The summed E-state index contributed by atoms with van der Waals surface area (Å²) >= 11 is 0. The fourth-order valence-corrected chi connectivity index (χ4v) is 2.94. The van der Waals surface area contributed by atoms with E-state index in [0.717, 1.165) is 16.8 Å². The number of aryl methyl sites for hydroxylation is 2. The summed E-state index contributed by atoms with van der Waals surface area (Å²) < 4.78 is 11.5. The largest absolute Gasteiger partial charge is 0.450 e. The average Bonchev–Trinajstić information content (AvgIpc) is 3.40. The zero-order chi connectivity index (χ0) is 21.8. The van der Waals surface area contributed by atoms with Crippen molar-refractivity contribution in [2.24, 2.45) is 0 Å². The standard InChI is InChI=1S/C23H20N4O4/c1-15-8-10-17(11-9-15)19-13-21(27(25-19)18-6-4-3-5-7-18)24-22(28)14-30-23(29)20-12-16(2)26-31-20/h3-13H,14H2,1-2H3,(H,24,28). The Bertz CT molecular complexity index is 1210. The summed E-state index contributed by atoms with van der Waals surface area (Å²) in [6.07, 6.45) is 0. The molecule has 0 atom stereocenters. The molecule has 8 heteroatoms. The maximum atomic E-state index is 12.5. The van der Waals surface area contributed by atoms with Crippen LogP contribution in [0, 0.1) is 13.8 Å². The van der Waals surface area contributed by atoms with Gasteiger partial charge in [0.15, 0.2) is 6.61 Å². The van der Waals surface area contributed by atoms with Crippen LogP contribution >= 0.6 is 0 Å².